The molecule has 1 atom stereocenters. The van der Waals surface area contributed by atoms with Crippen LogP contribution in [0.15, 0.2) is 24.0 Å². The van der Waals surface area contributed by atoms with Crippen LogP contribution in [0.25, 0.3) is 0 Å². The van der Waals surface area contributed by atoms with Crippen LogP contribution in [0.1, 0.15) is 19.3 Å². The Bertz CT molecular complexity index is 296. The van der Waals surface area contributed by atoms with Crippen molar-refractivity contribution in [3.8, 4) is 0 Å². The molecule has 14 heavy (non-hydrogen) atoms. The molecule has 1 unspecified atom stereocenters. The number of allylic oxidation sites excluding steroid dienone is 1. The summed E-state index contributed by atoms with van der Waals surface area (Å²) in [6.07, 6.45) is 4.09. The summed E-state index contributed by atoms with van der Waals surface area (Å²) in [5.74, 6) is -2.37. The van der Waals surface area contributed by atoms with Crippen LogP contribution in [-0.2, 0) is 4.74 Å². The van der Waals surface area contributed by atoms with E-state index in [0.29, 0.717) is 12.4 Å². The van der Waals surface area contributed by atoms with Crippen molar-refractivity contribution in [2.45, 2.75) is 30.8 Å². The van der Waals surface area contributed by atoms with Crippen molar-refractivity contribution in [3.05, 3.63) is 24.0 Å². The average Bonchev–Trinajstić information content (AvgIpc) is 2.64. The molecule has 1 aliphatic heterocycles. The van der Waals surface area contributed by atoms with Crippen molar-refractivity contribution < 1.29 is 18.6 Å². The zero-order valence-electron chi connectivity index (χ0n) is 7.67. The molecule has 0 spiro atoms. The van der Waals surface area contributed by atoms with E-state index in [1.54, 1.807) is 6.08 Å². The minimum atomic E-state index is -2.79. The Labute approximate surface area is 80.9 Å². The Kier molecular flexibility index (Phi) is 2.10. The molecular formula is C10H12F2O2. The molecule has 0 radical (unpaired) electrons. The smallest absolute Gasteiger partial charge is 0.266 e. The lowest BCUT2D eigenvalue weighted by molar-refractivity contribution is -0.0168. The molecule has 2 rings (SSSR count). The highest BCUT2D eigenvalue weighted by atomic mass is 19.3. The summed E-state index contributed by atoms with van der Waals surface area (Å²) in [6.45, 7) is 0.530. The van der Waals surface area contributed by atoms with E-state index < -0.39 is 11.5 Å². The van der Waals surface area contributed by atoms with Crippen LogP contribution in [0.2, 0.25) is 0 Å². The molecule has 0 saturated carbocycles. The Balaban J connectivity index is 2.19. The minimum absolute atomic E-state index is 0.0162. The maximum Gasteiger partial charge on any atom is 0.266 e. The lowest BCUT2D eigenvalue weighted by Gasteiger charge is -2.31. The number of alkyl halides is 2. The van der Waals surface area contributed by atoms with Gasteiger partial charge in [-0.25, -0.2) is 8.78 Å². The van der Waals surface area contributed by atoms with E-state index >= 15 is 0 Å². The largest absolute Gasteiger partial charge is 0.495 e. The van der Waals surface area contributed by atoms with Crippen molar-refractivity contribution in [1.82, 2.24) is 0 Å². The lowest BCUT2D eigenvalue weighted by atomic mass is 9.87. The third-order valence-corrected chi connectivity index (χ3v) is 2.57. The van der Waals surface area contributed by atoms with Crippen LogP contribution in [0.4, 0.5) is 8.78 Å². The Morgan fingerprint density at radius 1 is 1.29 bits per heavy atom. The van der Waals surface area contributed by atoms with Crippen molar-refractivity contribution in [3.63, 3.8) is 0 Å². The summed E-state index contributed by atoms with van der Waals surface area (Å²) in [5.41, 5.74) is -1.31. The Morgan fingerprint density at radius 2 is 2.07 bits per heavy atom. The summed E-state index contributed by atoms with van der Waals surface area (Å²) in [6, 6.07) is 0. The number of aliphatic hydroxyl groups is 1. The highest BCUT2D eigenvalue weighted by Crippen LogP contribution is 2.38. The van der Waals surface area contributed by atoms with E-state index in [1.165, 1.54) is 0 Å². The van der Waals surface area contributed by atoms with Gasteiger partial charge < -0.3 is 9.84 Å². The van der Waals surface area contributed by atoms with Crippen LogP contribution >= 0.6 is 0 Å². The fourth-order valence-corrected chi connectivity index (χ4v) is 1.71. The maximum atomic E-state index is 12.8. The van der Waals surface area contributed by atoms with Crippen LogP contribution in [0.5, 0.6) is 0 Å². The first-order valence-corrected chi connectivity index (χ1v) is 4.66. The highest BCUT2D eigenvalue weighted by Gasteiger charge is 2.41. The standard InChI is InChI=1S/C10H12F2O2/c11-10(12)5-3-9(13,4-6-10)8-2-1-7-14-8/h2-3,5,13H,1,4,6-7H2. The van der Waals surface area contributed by atoms with Crippen molar-refractivity contribution in [2.75, 3.05) is 6.61 Å². The molecule has 0 saturated heterocycles. The molecule has 1 heterocycles. The van der Waals surface area contributed by atoms with Gasteiger partial charge in [-0.3, -0.25) is 0 Å². The van der Waals surface area contributed by atoms with E-state index in [9.17, 15) is 13.9 Å². The van der Waals surface area contributed by atoms with Crippen LogP contribution < -0.4 is 0 Å². The molecule has 2 aliphatic rings. The second-order valence-electron chi connectivity index (χ2n) is 3.72. The molecule has 78 valence electrons. The van der Waals surface area contributed by atoms with E-state index in [4.69, 9.17) is 4.74 Å². The molecule has 0 fully saturated rings. The second-order valence-corrected chi connectivity index (χ2v) is 3.72. The number of hydrogen-bond donors (Lipinski definition) is 1. The summed E-state index contributed by atoms with van der Waals surface area (Å²) in [4.78, 5) is 0. The molecule has 2 nitrogen and oxygen atoms in total. The first kappa shape index (κ1) is 9.65. The summed E-state index contributed by atoms with van der Waals surface area (Å²) >= 11 is 0. The van der Waals surface area contributed by atoms with Gasteiger partial charge in [0, 0.05) is 12.8 Å². The number of ether oxygens (including phenoxy) is 1. The summed E-state index contributed by atoms with van der Waals surface area (Å²) in [7, 11) is 0. The molecule has 0 aromatic heterocycles. The highest BCUT2D eigenvalue weighted by molar-refractivity contribution is 5.25. The fraction of sp³-hybridized carbons (Fsp3) is 0.600. The normalized spacial score (nSPS) is 35.2. The molecule has 0 aromatic rings. The van der Waals surface area contributed by atoms with Crippen LogP contribution in [0, 0.1) is 0 Å². The maximum absolute atomic E-state index is 12.8. The topological polar surface area (TPSA) is 29.5 Å². The molecule has 0 aromatic carbocycles. The third-order valence-electron chi connectivity index (χ3n) is 2.57. The van der Waals surface area contributed by atoms with Crippen LogP contribution in [-0.4, -0.2) is 23.2 Å². The van der Waals surface area contributed by atoms with Gasteiger partial charge in [-0.05, 0) is 24.6 Å². The monoisotopic (exact) mass is 202 g/mol. The predicted octanol–water partition coefficient (Wildman–Crippen LogP) is 2.01. The molecule has 1 N–H and O–H groups in total. The van der Waals surface area contributed by atoms with Gasteiger partial charge in [-0.15, -0.1) is 0 Å². The van der Waals surface area contributed by atoms with E-state index in [1.807, 2.05) is 0 Å². The Hall–Kier alpha value is -0.900. The number of halogens is 2. The quantitative estimate of drug-likeness (QED) is 0.659. The molecule has 0 amide bonds. The zero-order chi connectivity index (χ0) is 10.2. The Morgan fingerprint density at radius 3 is 2.57 bits per heavy atom. The van der Waals surface area contributed by atoms with Crippen molar-refractivity contribution >= 4 is 0 Å². The zero-order valence-corrected chi connectivity index (χ0v) is 7.67. The van der Waals surface area contributed by atoms with Gasteiger partial charge in [0.05, 0.1) is 6.61 Å². The van der Waals surface area contributed by atoms with E-state index in [2.05, 4.69) is 0 Å². The average molecular weight is 202 g/mol. The minimum Gasteiger partial charge on any atom is -0.495 e. The van der Waals surface area contributed by atoms with Gasteiger partial charge in [0.1, 0.15) is 11.4 Å². The molecule has 4 heteroatoms. The first-order valence-electron chi connectivity index (χ1n) is 4.66. The molecule has 1 aliphatic carbocycles. The van der Waals surface area contributed by atoms with Crippen molar-refractivity contribution in [1.29, 1.82) is 0 Å². The number of hydrogen-bond acceptors (Lipinski definition) is 2. The van der Waals surface area contributed by atoms with Gasteiger partial charge in [-0.2, -0.15) is 0 Å². The lowest BCUT2D eigenvalue weighted by Crippen LogP contribution is -2.35. The van der Waals surface area contributed by atoms with Gasteiger partial charge in [0.2, 0.25) is 0 Å². The number of rotatable bonds is 1. The summed E-state index contributed by atoms with van der Waals surface area (Å²) in [5, 5.41) is 9.99. The third kappa shape index (κ3) is 1.66. The fourth-order valence-electron chi connectivity index (χ4n) is 1.71. The molecule has 0 bridgehead atoms. The van der Waals surface area contributed by atoms with Crippen LogP contribution in [0.3, 0.4) is 0 Å². The van der Waals surface area contributed by atoms with Gasteiger partial charge in [-0.1, -0.05) is 0 Å². The molecular weight excluding hydrogens is 190 g/mol. The van der Waals surface area contributed by atoms with Gasteiger partial charge >= 0.3 is 0 Å². The van der Waals surface area contributed by atoms with E-state index in [0.717, 1.165) is 18.6 Å². The first-order chi connectivity index (χ1) is 6.52. The van der Waals surface area contributed by atoms with Gasteiger partial charge in [0.25, 0.3) is 5.92 Å². The summed E-state index contributed by atoms with van der Waals surface area (Å²) < 4.78 is 30.7. The second kappa shape index (κ2) is 3.05. The predicted molar refractivity (Wildman–Crippen MR) is 46.9 cm³/mol. The van der Waals surface area contributed by atoms with Crippen molar-refractivity contribution in [2.24, 2.45) is 0 Å². The van der Waals surface area contributed by atoms with Gasteiger partial charge in [0.15, 0.2) is 0 Å². The SMILES string of the molecule is OC1(C2=CCCO2)C=CC(F)(F)CC1. The van der Waals surface area contributed by atoms with E-state index in [-0.39, 0.29) is 12.8 Å².